The Hall–Kier alpha value is -0.780. The lowest BCUT2D eigenvalue weighted by molar-refractivity contribution is 0.560. The lowest BCUT2D eigenvalue weighted by atomic mass is 9.88. The molecule has 1 rings (SSSR count). The first kappa shape index (κ1) is 11.3. The van der Waals surface area contributed by atoms with Crippen LogP contribution in [0.3, 0.4) is 0 Å². The van der Waals surface area contributed by atoms with E-state index in [1.54, 1.807) is 5.57 Å². The second-order valence-electron chi connectivity index (χ2n) is 4.38. The summed E-state index contributed by atoms with van der Waals surface area (Å²) in [7, 11) is 0. The van der Waals surface area contributed by atoms with E-state index in [2.05, 4.69) is 32.6 Å². The maximum Gasteiger partial charge on any atom is -0.0228 e. The largest absolute Gasteiger partial charge is 0.103 e. The maximum atomic E-state index is 3.76. The first-order chi connectivity index (χ1) is 6.74. The molecule has 0 spiro atoms. The van der Waals surface area contributed by atoms with Crippen molar-refractivity contribution in [2.24, 2.45) is 5.92 Å². The van der Waals surface area contributed by atoms with E-state index < -0.39 is 0 Å². The van der Waals surface area contributed by atoms with Gasteiger partial charge >= 0.3 is 0 Å². The van der Waals surface area contributed by atoms with Crippen LogP contribution in [0.4, 0.5) is 0 Å². The molecule has 0 N–H and O–H groups in total. The Morgan fingerprint density at radius 1 is 1.43 bits per heavy atom. The molecule has 0 aliphatic heterocycles. The first-order valence-corrected chi connectivity index (χ1v) is 5.71. The van der Waals surface area contributed by atoms with E-state index in [4.69, 9.17) is 0 Å². The second-order valence-corrected chi connectivity index (χ2v) is 4.38. The zero-order valence-corrected chi connectivity index (χ0v) is 9.55. The summed E-state index contributed by atoms with van der Waals surface area (Å²) >= 11 is 0. The summed E-state index contributed by atoms with van der Waals surface area (Å²) in [5, 5.41) is 0. The van der Waals surface area contributed by atoms with Crippen LogP contribution in [-0.2, 0) is 0 Å². The lowest BCUT2D eigenvalue weighted by Crippen LogP contribution is -2.02. The van der Waals surface area contributed by atoms with Gasteiger partial charge in [0.05, 0.1) is 0 Å². The molecule has 1 aliphatic carbocycles. The Bertz CT molecular complexity index is 243. The molecule has 0 fully saturated rings. The Kier molecular flexibility index (Phi) is 4.72. The zero-order chi connectivity index (χ0) is 10.4. The SMILES string of the molecule is C=CCCCC(C)C1=CC=C(C)CC1. The van der Waals surface area contributed by atoms with Crippen molar-refractivity contribution in [3.05, 3.63) is 36.0 Å². The van der Waals surface area contributed by atoms with Crippen molar-refractivity contribution < 1.29 is 0 Å². The van der Waals surface area contributed by atoms with Gasteiger partial charge in [0.1, 0.15) is 0 Å². The van der Waals surface area contributed by atoms with Crippen molar-refractivity contribution >= 4 is 0 Å². The van der Waals surface area contributed by atoms with E-state index >= 15 is 0 Å². The molecule has 78 valence electrons. The van der Waals surface area contributed by atoms with E-state index in [1.807, 2.05) is 6.08 Å². The third kappa shape index (κ3) is 3.53. The quantitative estimate of drug-likeness (QED) is 0.437. The van der Waals surface area contributed by atoms with Crippen LogP contribution in [0.5, 0.6) is 0 Å². The van der Waals surface area contributed by atoms with Gasteiger partial charge in [-0.15, -0.1) is 6.58 Å². The van der Waals surface area contributed by atoms with E-state index in [1.165, 1.54) is 31.3 Å². The average Bonchev–Trinajstić information content (AvgIpc) is 2.19. The Labute approximate surface area is 88.4 Å². The van der Waals surface area contributed by atoms with Gasteiger partial charge in [-0.3, -0.25) is 0 Å². The molecule has 0 saturated carbocycles. The summed E-state index contributed by atoms with van der Waals surface area (Å²) in [6, 6.07) is 0. The van der Waals surface area contributed by atoms with Gasteiger partial charge in [0.15, 0.2) is 0 Å². The van der Waals surface area contributed by atoms with E-state index in [-0.39, 0.29) is 0 Å². The number of unbranched alkanes of at least 4 members (excludes halogenated alkanes) is 1. The van der Waals surface area contributed by atoms with E-state index in [0.29, 0.717) is 0 Å². The number of rotatable bonds is 5. The first-order valence-electron chi connectivity index (χ1n) is 5.71. The molecule has 0 heterocycles. The highest BCUT2D eigenvalue weighted by atomic mass is 14.2. The number of hydrogen-bond acceptors (Lipinski definition) is 0. The lowest BCUT2D eigenvalue weighted by Gasteiger charge is -2.18. The maximum absolute atomic E-state index is 3.76. The van der Waals surface area contributed by atoms with E-state index in [0.717, 1.165) is 12.3 Å². The predicted molar refractivity (Wildman–Crippen MR) is 64.3 cm³/mol. The van der Waals surface area contributed by atoms with Crippen LogP contribution in [0.15, 0.2) is 36.0 Å². The van der Waals surface area contributed by atoms with Gasteiger partial charge in [-0.1, -0.05) is 36.3 Å². The zero-order valence-electron chi connectivity index (χ0n) is 9.55. The van der Waals surface area contributed by atoms with Gasteiger partial charge in [-0.25, -0.2) is 0 Å². The minimum atomic E-state index is 0.763. The molecule has 1 atom stereocenters. The number of hydrogen-bond donors (Lipinski definition) is 0. The van der Waals surface area contributed by atoms with Gasteiger partial charge < -0.3 is 0 Å². The third-order valence-electron chi connectivity index (χ3n) is 3.07. The highest BCUT2D eigenvalue weighted by Crippen LogP contribution is 2.27. The minimum Gasteiger partial charge on any atom is -0.103 e. The van der Waals surface area contributed by atoms with Gasteiger partial charge in [0.25, 0.3) is 0 Å². The molecule has 1 unspecified atom stereocenters. The van der Waals surface area contributed by atoms with Gasteiger partial charge in [-0.05, 0) is 44.9 Å². The fourth-order valence-corrected chi connectivity index (χ4v) is 1.92. The molecular weight excluding hydrogens is 168 g/mol. The molecular formula is C14H22. The highest BCUT2D eigenvalue weighted by molar-refractivity contribution is 5.24. The smallest absolute Gasteiger partial charge is 0.0228 e. The van der Waals surface area contributed by atoms with Crippen molar-refractivity contribution in [1.82, 2.24) is 0 Å². The molecule has 1 aliphatic rings. The van der Waals surface area contributed by atoms with Crippen molar-refractivity contribution in [3.63, 3.8) is 0 Å². The summed E-state index contributed by atoms with van der Waals surface area (Å²) in [5.74, 6) is 0.763. The normalized spacial score (nSPS) is 18.4. The second kappa shape index (κ2) is 5.85. The molecule has 0 aromatic carbocycles. The molecule has 0 aromatic heterocycles. The van der Waals surface area contributed by atoms with Crippen LogP contribution >= 0.6 is 0 Å². The summed E-state index contributed by atoms with van der Waals surface area (Å²) in [5.41, 5.74) is 3.16. The van der Waals surface area contributed by atoms with Crippen LogP contribution in [0, 0.1) is 5.92 Å². The van der Waals surface area contributed by atoms with Crippen LogP contribution in [0.2, 0.25) is 0 Å². The van der Waals surface area contributed by atoms with Gasteiger partial charge in [0, 0.05) is 0 Å². The van der Waals surface area contributed by atoms with Crippen molar-refractivity contribution in [1.29, 1.82) is 0 Å². The molecule has 0 aromatic rings. The topological polar surface area (TPSA) is 0 Å². The van der Waals surface area contributed by atoms with Crippen LogP contribution in [-0.4, -0.2) is 0 Å². The molecule has 0 bridgehead atoms. The molecule has 14 heavy (non-hydrogen) atoms. The molecule has 0 nitrogen and oxygen atoms in total. The van der Waals surface area contributed by atoms with Crippen molar-refractivity contribution in [3.8, 4) is 0 Å². The Balaban J connectivity index is 2.37. The van der Waals surface area contributed by atoms with Gasteiger partial charge in [-0.2, -0.15) is 0 Å². The Morgan fingerprint density at radius 3 is 2.79 bits per heavy atom. The van der Waals surface area contributed by atoms with Crippen LogP contribution < -0.4 is 0 Å². The number of allylic oxidation sites excluding steroid dienone is 5. The summed E-state index contributed by atoms with van der Waals surface area (Å²) in [4.78, 5) is 0. The average molecular weight is 190 g/mol. The highest BCUT2D eigenvalue weighted by Gasteiger charge is 2.10. The third-order valence-corrected chi connectivity index (χ3v) is 3.07. The fraction of sp³-hybridized carbons (Fsp3) is 0.571. The minimum absolute atomic E-state index is 0.763. The Morgan fingerprint density at radius 2 is 2.21 bits per heavy atom. The molecule has 0 saturated heterocycles. The predicted octanol–water partition coefficient (Wildman–Crippen LogP) is 4.65. The van der Waals surface area contributed by atoms with Crippen molar-refractivity contribution in [2.75, 3.05) is 0 Å². The van der Waals surface area contributed by atoms with Gasteiger partial charge in [0.2, 0.25) is 0 Å². The summed E-state index contributed by atoms with van der Waals surface area (Å²) in [6.07, 6.45) is 12.9. The molecule has 0 amide bonds. The van der Waals surface area contributed by atoms with Crippen molar-refractivity contribution in [2.45, 2.75) is 46.0 Å². The summed E-state index contributed by atoms with van der Waals surface area (Å²) < 4.78 is 0. The fourth-order valence-electron chi connectivity index (χ4n) is 1.92. The monoisotopic (exact) mass is 190 g/mol. The standard InChI is InChI=1S/C14H22/c1-4-5-6-7-13(3)14-10-8-12(2)9-11-14/h4,8,10,13H,1,5-7,9,11H2,2-3H3. The molecule has 0 heteroatoms. The van der Waals surface area contributed by atoms with E-state index in [9.17, 15) is 0 Å². The van der Waals surface area contributed by atoms with Crippen LogP contribution in [0.1, 0.15) is 46.0 Å². The summed E-state index contributed by atoms with van der Waals surface area (Å²) in [6.45, 7) is 8.32. The molecule has 0 radical (unpaired) electrons. The van der Waals surface area contributed by atoms with Crippen LogP contribution in [0.25, 0.3) is 0 Å².